The third-order valence-corrected chi connectivity index (χ3v) is 4.66. The van der Waals surface area contributed by atoms with Crippen molar-refractivity contribution in [3.05, 3.63) is 0 Å². The molecule has 2 saturated heterocycles. The van der Waals surface area contributed by atoms with Crippen molar-refractivity contribution in [2.75, 3.05) is 26.9 Å². The van der Waals surface area contributed by atoms with Crippen molar-refractivity contribution >= 4 is 11.8 Å². The van der Waals surface area contributed by atoms with E-state index in [-0.39, 0.29) is 29.9 Å². The van der Waals surface area contributed by atoms with Gasteiger partial charge in [-0.15, -0.1) is 0 Å². The molecule has 2 atom stereocenters. The summed E-state index contributed by atoms with van der Waals surface area (Å²) in [5.41, 5.74) is -0.369. The number of carbonyl (C=O) groups is 2. The number of amides is 2. The number of likely N-dealkylation sites (tertiary alicyclic amines) is 1. The van der Waals surface area contributed by atoms with Crippen LogP contribution in [0.25, 0.3) is 0 Å². The molecule has 2 amide bonds. The smallest absolute Gasteiger partial charge is 0.247 e. The lowest BCUT2D eigenvalue weighted by Gasteiger charge is -2.28. The van der Waals surface area contributed by atoms with E-state index in [9.17, 15) is 9.59 Å². The Hall–Kier alpha value is -0.980. The standard InChI is InChI=1S/C15H26N2O4/c1-4-11(5-2)17-13(18)8-12(14(17)19)16-9-15(20-3)6-7-21-10-15/h11-12,16H,4-10H2,1-3H3. The van der Waals surface area contributed by atoms with Gasteiger partial charge in [-0.25, -0.2) is 0 Å². The Morgan fingerprint density at radius 1 is 1.43 bits per heavy atom. The molecule has 2 heterocycles. The van der Waals surface area contributed by atoms with Crippen LogP contribution in [0.3, 0.4) is 0 Å². The summed E-state index contributed by atoms with van der Waals surface area (Å²) in [6.07, 6.45) is 2.66. The van der Waals surface area contributed by atoms with Crippen LogP contribution >= 0.6 is 0 Å². The highest BCUT2D eigenvalue weighted by Crippen LogP contribution is 2.24. The first-order valence-electron chi connectivity index (χ1n) is 7.79. The van der Waals surface area contributed by atoms with E-state index in [1.807, 2.05) is 13.8 Å². The zero-order valence-electron chi connectivity index (χ0n) is 13.2. The third-order valence-electron chi connectivity index (χ3n) is 4.66. The highest BCUT2D eigenvalue weighted by atomic mass is 16.5. The van der Waals surface area contributed by atoms with E-state index in [0.29, 0.717) is 19.8 Å². The van der Waals surface area contributed by atoms with E-state index < -0.39 is 6.04 Å². The molecule has 120 valence electrons. The lowest BCUT2D eigenvalue weighted by molar-refractivity contribution is -0.141. The van der Waals surface area contributed by atoms with E-state index in [1.165, 1.54) is 4.90 Å². The highest BCUT2D eigenvalue weighted by molar-refractivity contribution is 6.05. The molecule has 1 N–H and O–H groups in total. The normalized spacial score (nSPS) is 29.9. The number of ether oxygens (including phenoxy) is 2. The summed E-state index contributed by atoms with van der Waals surface area (Å²) >= 11 is 0. The van der Waals surface area contributed by atoms with Crippen molar-refractivity contribution in [2.45, 2.75) is 57.2 Å². The first-order valence-corrected chi connectivity index (χ1v) is 7.79. The maximum Gasteiger partial charge on any atom is 0.247 e. The van der Waals surface area contributed by atoms with Crippen LogP contribution in [0.5, 0.6) is 0 Å². The number of hydrogen-bond acceptors (Lipinski definition) is 5. The number of carbonyl (C=O) groups excluding carboxylic acids is 2. The molecule has 21 heavy (non-hydrogen) atoms. The molecule has 0 spiro atoms. The number of methoxy groups -OCH3 is 1. The van der Waals surface area contributed by atoms with E-state index in [1.54, 1.807) is 7.11 Å². The molecule has 0 saturated carbocycles. The van der Waals surface area contributed by atoms with Gasteiger partial charge < -0.3 is 14.8 Å². The van der Waals surface area contributed by atoms with E-state index >= 15 is 0 Å². The maximum absolute atomic E-state index is 12.4. The fourth-order valence-electron chi connectivity index (χ4n) is 3.12. The Kier molecular flexibility index (Phi) is 5.35. The Balaban J connectivity index is 1.96. The molecular weight excluding hydrogens is 272 g/mol. The largest absolute Gasteiger partial charge is 0.378 e. The maximum atomic E-state index is 12.4. The summed E-state index contributed by atoms with van der Waals surface area (Å²) in [5, 5.41) is 3.21. The first kappa shape index (κ1) is 16.4. The molecular formula is C15H26N2O4. The van der Waals surface area contributed by atoms with Gasteiger partial charge in [0.05, 0.1) is 19.1 Å². The molecule has 0 aliphatic carbocycles. The lowest BCUT2D eigenvalue weighted by Crippen LogP contribution is -2.49. The number of rotatable bonds is 7. The van der Waals surface area contributed by atoms with Gasteiger partial charge in [0.1, 0.15) is 5.60 Å². The van der Waals surface area contributed by atoms with Gasteiger partial charge in [-0.05, 0) is 12.8 Å². The van der Waals surface area contributed by atoms with Crippen LogP contribution in [0.15, 0.2) is 0 Å². The van der Waals surface area contributed by atoms with Gasteiger partial charge in [-0.3, -0.25) is 14.5 Å². The van der Waals surface area contributed by atoms with E-state index in [0.717, 1.165) is 19.3 Å². The molecule has 0 aromatic heterocycles. The van der Waals surface area contributed by atoms with Crippen LogP contribution in [0.4, 0.5) is 0 Å². The van der Waals surface area contributed by atoms with Crippen molar-refractivity contribution < 1.29 is 19.1 Å². The van der Waals surface area contributed by atoms with Crippen molar-refractivity contribution in [1.82, 2.24) is 10.2 Å². The predicted octanol–water partition coefficient (Wildman–Crippen LogP) is 0.698. The van der Waals surface area contributed by atoms with Crippen molar-refractivity contribution in [1.29, 1.82) is 0 Å². The van der Waals surface area contributed by atoms with Gasteiger partial charge in [-0.2, -0.15) is 0 Å². The van der Waals surface area contributed by atoms with Gasteiger partial charge in [0.15, 0.2) is 0 Å². The second kappa shape index (κ2) is 6.85. The average Bonchev–Trinajstić information content (AvgIpc) is 3.06. The minimum absolute atomic E-state index is 0.0167. The molecule has 6 heteroatoms. The minimum Gasteiger partial charge on any atom is -0.378 e. The number of nitrogens with one attached hydrogen (secondary N) is 1. The van der Waals surface area contributed by atoms with Crippen LogP contribution in [-0.2, 0) is 19.1 Å². The van der Waals surface area contributed by atoms with Gasteiger partial charge in [-0.1, -0.05) is 13.8 Å². The Morgan fingerprint density at radius 3 is 2.67 bits per heavy atom. The molecule has 0 radical (unpaired) electrons. The summed E-state index contributed by atoms with van der Waals surface area (Å²) < 4.78 is 10.9. The first-order chi connectivity index (χ1) is 10.1. The predicted molar refractivity (Wildman–Crippen MR) is 77.8 cm³/mol. The highest BCUT2D eigenvalue weighted by Gasteiger charge is 2.43. The van der Waals surface area contributed by atoms with Crippen molar-refractivity contribution in [3.8, 4) is 0 Å². The van der Waals surface area contributed by atoms with Crippen LogP contribution in [-0.4, -0.2) is 61.3 Å². The summed E-state index contributed by atoms with van der Waals surface area (Å²) in [6.45, 7) is 5.75. The fraction of sp³-hybridized carbons (Fsp3) is 0.867. The van der Waals surface area contributed by atoms with Crippen LogP contribution < -0.4 is 5.32 Å². The molecule has 2 aliphatic heterocycles. The van der Waals surface area contributed by atoms with Crippen LogP contribution in [0.2, 0.25) is 0 Å². The number of nitrogens with zero attached hydrogens (tertiary/aromatic N) is 1. The summed E-state index contributed by atoms with van der Waals surface area (Å²) in [5.74, 6) is -0.167. The molecule has 2 unspecified atom stereocenters. The van der Waals surface area contributed by atoms with E-state index in [4.69, 9.17) is 9.47 Å². The van der Waals surface area contributed by atoms with Gasteiger partial charge in [0, 0.05) is 32.7 Å². The quantitative estimate of drug-likeness (QED) is 0.701. The summed E-state index contributed by atoms with van der Waals surface area (Å²) in [4.78, 5) is 26.0. The van der Waals surface area contributed by atoms with Gasteiger partial charge >= 0.3 is 0 Å². The Morgan fingerprint density at radius 2 is 2.14 bits per heavy atom. The van der Waals surface area contributed by atoms with Crippen LogP contribution in [0.1, 0.15) is 39.5 Å². The van der Waals surface area contributed by atoms with Crippen LogP contribution in [0, 0.1) is 0 Å². The molecule has 2 fully saturated rings. The fourth-order valence-corrected chi connectivity index (χ4v) is 3.12. The Bertz CT molecular complexity index is 389. The molecule has 0 aromatic rings. The Labute approximate surface area is 126 Å². The average molecular weight is 298 g/mol. The van der Waals surface area contributed by atoms with Gasteiger partial charge in [0.25, 0.3) is 0 Å². The lowest BCUT2D eigenvalue weighted by atomic mass is 10.0. The SMILES string of the molecule is CCC(CC)N1C(=O)CC(NCC2(OC)CCOC2)C1=O. The molecule has 2 rings (SSSR count). The van der Waals surface area contributed by atoms with E-state index in [2.05, 4.69) is 5.32 Å². The molecule has 2 aliphatic rings. The van der Waals surface area contributed by atoms with Crippen molar-refractivity contribution in [3.63, 3.8) is 0 Å². The summed E-state index contributed by atoms with van der Waals surface area (Å²) in [7, 11) is 1.66. The second-order valence-electron chi connectivity index (χ2n) is 5.90. The molecule has 6 nitrogen and oxygen atoms in total. The molecule has 0 aromatic carbocycles. The number of hydrogen-bond donors (Lipinski definition) is 1. The monoisotopic (exact) mass is 298 g/mol. The van der Waals surface area contributed by atoms with Crippen molar-refractivity contribution in [2.24, 2.45) is 0 Å². The van der Waals surface area contributed by atoms with Gasteiger partial charge in [0.2, 0.25) is 11.8 Å². The molecule has 0 bridgehead atoms. The minimum atomic E-state index is -0.425. The third kappa shape index (κ3) is 3.27. The zero-order chi connectivity index (χ0) is 15.5. The zero-order valence-corrected chi connectivity index (χ0v) is 13.2. The topological polar surface area (TPSA) is 67.9 Å². The number of imide groups is 1. The summed E-state index contributed by atoms with van der Waals surface area (Å²) in [6, 6.07) is -0.409. The second-order valence-corrected chi connectivity index (χ2v) is 5.90.